The Balaban J connectivity index is 1.87. The minimum Gasteiger partial charge on any atom is -0.489 e. The maximum atomic E-state index is 10.9. The van der Waals surface area contributed by atoms with E-state index in [0.717, 1.165) is 19.6 Å². The van der Waals surface area contributed by atoms with Crippen molar-refractivity contribution in [3.05, 3.63) is 16.3 Å². The van der Waals surface area contributed by atoms with Crippen LogP contribution < -0.4 is 4.74 Å². The average Bonchev–Trinajstić information content (AvgIpc) is 2.85. The van der Waals surface area contributed by atoms with Crippen LogP contribution in [0.3, 0.4) is 0 Å². The molecular weight excluding hydrogens is 254 g/mol. The van der Waals surface area contributed by atoms with Crippen LogP contribution in [0, 0.1) is 0 Å². The van der Waals surface area contributed by atoms with E-state index in [1.165, 1.54) is 11.3 Å². The van der Waals surface area contributed by atoms with Crippen LogP contribution in [-0.4, -0.2) is 54.9 Å². The van der Waals surface area contributed by atoms with Gasteiger partial charge in [-0.3, -0.25) is 4.90 Å². The molecule has 1 unspecified atom stereocenters. The highest BCUT2D eigenvalue weighted by Gasteiger charge is 2.21. The standard InChI is InChI=1S/C12H17NO4S/c1-2-13-4-5-16-9(7-13)8-17-10-3-6-18-11(10)12(14)15/h3,6,9H,2,4-5,7-8H2,1H3,(H,14,15). The molecule has 0 aromatic carbocycles. The zero-order valence-electron chi connectivity index (χ0n) is 10.3. The number of hydrogen-bond acceptors (Lipinski definition) is 5. The van der Waals surface area contributed by atoms with Gasteiger partial charge in [-0.25, -0.2) is 4.79 Å². The third-order valence-corrected chi connectivity index (χ3v) is 3.80. The first-order chi connectivity index (χ1) is 8.70. The molecular formula is C12H17NO4S. The molecule has 1 atom stereocenters. The number of aromatic carboxylic acids is 1. The van der Waals surface area contributed by atoms with Gasteiger partial charge < -0.3 is 14.6 Å². The SMILES string of the molecule is CCN1CCOC(COc2ccsc2C(=O)O)C1. The van der Waals surface area contributed by atoms with Crippen molar-refractivity contribution in [2.24, 2.45) is 0 Å². The number of ether oxygens (including phenoxy) is 2. The number of carboxylic acid groups (broad SMARTS) is 1. The van der Waals surface area contributed by atoms with Crippen LogP contribution in [0.1, 0.15) is 16.6 Å². The molecule has 5 nitrogen and oxygen atoms in total. The van der Waals surface area contributed by atoms with Gasteiger partial charge in [-0.1, -0.05) is 6.92 Å². The van der Waals surface area contributed by atoms with Gasteiger partial charge in [0.2, 0.25) is 0 Å². The van der Waals surface area contributed by atoms with Gasteiger partial charge in [-0.05, 0) is 18.0 Å². The van der Waals surface area contributed by atoms with E-state index in [1.54, 1.807) is 11.4 Å². The summed E-state index contributed by atoms with van der Waals surface area (Å²) >= 11 is 1.17. The Morgan fingerprint density at radius 2 is 2.56 bits per heavy atom. The molecule has 1 aliphatic heterocycles. The second-order valence-corrected chi connectivity index (χ2v) is 5.03. The van der Waals surface area contributed by atoms with Crippen LogP contribution in [0.4, 0.5) is 0 Å². The highest BCUT2D eigenvalue weighted by atomic mass is 32.1. The number of nitrogens with zero attached hydrogens (tertiary/aromatic N) is 1. The number of likely N-dealkylation sites (N-methyl/N-ethyl adjacent to an activating group) is 1. The van der Waals surface area contributed by atoms with E-state index >= 15 is 0 Å². The molecule has 0 amide bonds. The van der Waals surface area contributed by atoms with Crippen molar-refractivity contribution in [1.82, 2.24) is 4.90 Å². The topological polar surface area (TPSA) is 59.0 Å². The van der Waals surface area contributed by atoms with Crippen molar-refractivity contribution in [1.29, 1.82) is 0 Å². The van der Waals surface area contributed by atoms with Crippen LogP contribution in [0.15, 0.2) is 11.4 Å². The quantitative estimate of drug-likeness (QED) is 0.880. The molecule has 1 aromatic rings. The first kappa shape index (κ1) is 13.3. The lowest BCUT2D eigenvalue weighted by atomic mass is 10.3. The van der Waals surface area contributed by atoms with E-state index in [-0.39, 0.29) is 11.0 Å². The Morgan fingerprint density at radius 1 is 1.72 bits per heavy atom. The monoisotopic (exact) mass is 271 g/mol. The summed E-state index contributed by atoms with van der Waals surface area (Å²) < 4.78 is 11.1. The zero-order valence-corrected chi connectivity index (χ0v) is 11.1. The predicted octanol–water partition coefficient (Wildman–Crippen LogP) is 1.55. The van der Waals surface area contributed by atoms with Crippen LogP contribution in [0.5, 0.6) is 5.75 Å². The highest BCUT2D eigenvalue weighted by Crippen LogP contribution is 2.25. The van der Waals surface area contributed by atoms with Crippen LogP contribution in [0.25, 0.3) is 0 Å². The van der Waals surface area contributed by atoms with E-state index in [9.17, 15) is 4.79 Å². The Bertz CT molecular complexity index is 407. The minimum absolute atomic E-state index is 0.0141. The largest absolute Gasteiger partial charge is 0.489 e. The summed E-state index contributed by atoms with van der Waals surface area (Å²) in [6.07, 6.45) is 0.0141. The van der Waals surface area contributed by atoms with Crippen molar-refractivity contribution in [3.63, 3.8) is 0 Å². The fourth-order valence-electron chi connectivity index (χ4n) is 1.92. The summed E-state index contributed by atoms with van der Waals surface area (Å²) in [5.41, 5.74) is 0. The molecule has 0 saturated carbocycles. The van der Waals surface area contributed by atoms with Crippen molar-refractivity contribution in [3.8, 4) is 5.75 Å². The Hall–Kier alpha value is -1.11. The van der Waals surface area contributed by atoms with Gasteiger partial charge in [-0.15, -0.1) is 11.3 Å². The lowest BCUT2D eigenvalue weighted by Crippen LogP contribution is -2.44. The minimum atomic E-state index is -0.945. The fraction of sp³-hybridized carbons (Fsp3) is 0.583. The molecule has 1 aliphatic rings. The second-order valence-electron chi connectivity index (χ2n) is 4.12. The van der Waals surface area contributed by atoms with Gasteiger partial charge in [0.25, 0.3) is 0 Å². The molecule has 0 aliphatic carbocycles. The van der Waals surface area contributed by atoms with E-state index in [2.05, 4.69) is 11.8 Å². The maximum absolute atomic E-state index is 10.9. The third kappa shape index (κ3) is 3.22. The highest BCUT2D eigenvalue weighted by molar-refractivity contribution is 7.12. The summed E-state index contributed by atoms with van der Waals surface area (Å²) in [7, 11) is 0. The summed E-state index contributed by atoms with van der Waals surface area (Å²) in [6, 6.07) is 1.69. The van der Waals surface area contributed by atoms with Gasteiger partial charge in [-0.2, -0.15) is 0 Å². The molecule has 1 fully saturated rings. The van der Waals surface area contributed by atoms with Gasteiger partial charge in [0.1, 0.15) is 18.5 Å². The molecule has 0 bridgehead atoms. The van der Waals surface area contributed by atoms with Crippen LogP contribution in [0.2, 0.25) is 0 Å². The summed E-state index contributed by atoms with van der Waals surface area (Å²) in [5, 5.41) is 10.7. The molecule has 0 spiro atoms. The number of hydrogen-bond donors (Lipinski definition) is 1. The number of morpholine rings is 1. The molecule has 2 rings (SSSR count). The first-order valence-electron chi connectivity index (χ1n) is 5.98. The molecule has 1 saturated heterocycles. The maximum Gasteiger partial charge on any atom is 0.349 e. The average molecular weight is 271 g/mol. The lowest BCUT2D eigenvalue weighted by Gasteiger charge is -2.31. The molecule has 1 N–H and O–H groups in total. The number of thiophene rings is 1. The Labute approximate surface area is 110 Å². The summed E-state index contributed by atoms with van der Waals surface area (Å²) in [5.74, 6) is -0.510. The van der Waals surface area contributed by atoms with E-state index in [4.69, 9.17) is 14.6 Å². The molecule has 2 heterocycles. The predicted molar refractivity (Wildman–Crippen MR) is 68.6 cm³/mol. The van der Waals surface area contributed by atoms with E-state index in [0.29, 0.717) is 19.0 Å². The fourth-order valence-corrected chi connectivity index (χ4v) is 2.59. The zero-order chi connectivity index (χ0) is 13.0. The number of carbonyl (C=O) groups is 1. The Morgan fingerprint density at radius 3 is 3.28 bits per heavy atom. The van der Waals surface area contributed by atoms with Crippen molar-refractivity contribution < 1.29 is 19.4 Å². The van der Waals surface area contributed by atoms with Gasteiger partial charge >= 0.3 is 5.97 Å². The van der Waals surface area contributed by atoms with Gasteiger partial charge in [0, 0.05) is 13.1 Å². The first-order valence-corrected chi connectivity index (χ1v) is 6.86. The Kier molecular flexibility index (Phi) is 4.57. The molecule has 6 heteroatoms. The normalized spacial score (nSPS) is 20.8. The molecule has 1 aromatic heterocycles. The van der Waals surface area contributed by atoms with Crippen molar-refractivity contribution >= 4 is 17.3 Å². The van der Waals surface area contributed by atoms with E-state index < -0.39 is 5.97 Å². The number of carboxylic acids is 1. The molecule has 0 radical (unpaired) electrons. The smallest absolute Gasteiger partial charge is 0.349 e. The van der Waals surface area contributed by atoms with E-state index in [1.807, 2.05) is 0 Å². The lowest BCUT2D eigenvalue weighted by molar-refractivity contribution is -0.0464. The van der Waals surface area contributed by atoms with Crippen LogP contribution >= 0.6 is 11.3 Å². The van der Waals surface area contributed by atoms with Gasteiger partial charge in [0.05, 0.1) is 6.61 Å². The third-order valence-electron chi connectivity index (χ3n) is 2.92. The van der Waals surface area contributed by atoms with Crippen LogP contribution in [-0.2, 0) is 4.74 Å². The number of rotatable bonds is 5. The summed E-state index contributed by atoms with van der Waals surface area (Å²) in [6.45, 7) is 6.00. The van der Waals surface area contributed by atoms with Crippen molar-refractivity contribution in [2.75, 3.05) is 32.8 Å². The summed E-state index contributed by atoms with van der Waals surface area (Å²) in [4.78, 5) is 13.5. The molecule has 100 valence electrons. The second kappa shape index (κ2) is 6.17. The molecule has 18 heavy (non-hydrogen) atoms. The van der Waals surface area contributed by atoms with Crippen molar-refractivity contribution in [2.45, 2.75) is 13.0 Å². The van der Waals surface area contributed by atoms with Gasteiger partial charge in [0.15, 0.2) is 4.88 Å².